The van der Waals surface area contributed by atoms with Gasteiger partial charge in [-0.05, 0) is 75.0 Å². The number of fused-ring (bicyclic) bond motifs is 2. The third kappa shape index (κ3) is 4.35. The molecule has 1 aromatic carbocycles. The van der Waals surface area contributed by atoms with Crippen LogP contribution in [0.2, 0.25) is 0 Å². The van der Waals surface area contributed by atoms with E-state index in [0.29, 0.717) is 5.92 Å². The lowest BCUT2D eigenvalue weighted by Crippen LogP contribution is -2.40. The summed E-state index contributed by atoms with van der Waals surface area (Å²) in [5.74, 6) is 4.32. The van der Waals surface area contributed by atoms with Crippen molar-refractivity contribution in [1.82, 2.24) is 0 Å². The van der Waals surface area contributed by atoms with Crippen LogP contribution in [0.25, 0.3) is 0 Å². The summed E-state index contributed by atoms with van der Waals surface area (Å²) in [6.45, 7) is 13.2. The van der Waals surface area contributed by atoms with Gasteiger partial charge in [0.2, 0.25) is 0 Å². The van der Waals surface area contributed by atoms with Crippen LogP contribution in [-0.4, -0.2) is 5.60 Å². The Morgan fingerprint density at radius 3 is 2.25 bits per heavy atom. The van der Waals surface area contributed by atoms with Crippen molar-refractivity contribution in [1.29, 1.82) is 0 Å². The highest BCUT2D eigenvalue weighted by atomic mass is 16.5. The summed E-state index contributed by atoms with van der Waals surface area (Å²) in [7, 11) is 0. The summed E-state index contributed by atoms with van der Waals surface area (Å²) in [6.07, 6.45) is 8.22. The average molecular weight is 331 g/mol. The highest BCUT2D eigenvalue weighted by Gasteiger charge is 2.47. The summed E-state index contributed by atoms with van der Waals surface area (Å²) in [5, 5.41) is 0. The monoisotopic (exact) mass is 330 g/mol. The first-order chi connectivity index (χ1) is 11.5. The molecule has 0 aliphatic heterocycles. The molecule has 3 rings (SSSR count). The summed E-state index contributed by atoms with van der Waals surface area (Å²) in [4.78, 5) is 0. The molecule has 1 heteroatoms. The zero-order valence-corrected chi connectivity index (χ0v) is 16.8. The minimum absolute atomic E-state index is 0.0314. The molecule has 24 heavy (non-hydrogen) atoms. The maximum absolute atomic E-state index is 6.43. The molecule has 2 bridgehead atoms. The zero-order valence-electron chi connectivity index (χ0n) is 16.8. The van der Waals surface area contributed by atoms with E-state index in [0.717, 1.165) is 23.5 Å². The summed E-state index contributed by atoms with van der Waals surface area (Å²) < 4.78 is 6.43. The van der Waals surface area contributed by atoms with Crippen LogP contribution >= 0.6 is 0 Å². The predicted molar refractivity (Wildman–Crippen MR) is 105 cm³/mol. The van der Waals surface area contributed by atoms with Crippen molar-refractivity contribution >= 4 is 0 Å². The number of hydrogen-bond donors (Lipinski definition) is 0. The molecule has 0 amide bonds. The van der Waals surface area contributed by atoms with Gasteiger partial charge in [-0.2, -0.15) is 0 Å². The minimum Gasteiger partial charge on any atom is -0.488 e. The van der Waals surface area contributed by atoms with E-state index < -0.39 is 0 Å². The largest absolute Gasteiger partial charge is 0.488 e. The van der Waals surface area contributed by atoms with Crippen molar-refractivity contribution < 1.29 is 4.74 Å². The van der Waals surface area contributed by atoms with Gasteiger partial charge in [-0.1, -0.05) is 52.7 Å². The zero-order chi connectivity index (χ0) is 17.7. The first-order valence-corrected chi connectivity index (χ1v) is 10.3. The molecule has 1 aromatic rings. The summed E-state index contributed by atoms with van der Waals surface area (Å²) in [6, 6.07) is 8.87. The standard InChI is InChI=1S/C21H32O.C2H6/c1-5-6-15(2)17-9-11-19(12-10-17)22-21(3,4)20-14-16-7-8-18(20)13-16;1-2/h9-12,15-16,18,20H,5-8,13-14H2,1-4H3;1-2H3. The molecule has 2 aliphatic carbocycles. The molecule has 1 nitrogen and oxygen atoms in total. The Morgan fingerprint density at radius 1 is 1.08 bits per heavy atom. The SMILES string of the molecule is CC.CCCC(C)c1ccc(OC(C)(C)C2CC3CCC2C3)cc1. The lowest BCUT2D eigenvalue weighted by atomic mass is 9.78. The Bertz CT molecular complexity index is 487. The highest BCUT2D eigenvalue weighted by molar-refractivity contribution is 5.29. The van der Waals surface area contributed by atoms with Crippen LogP contribution in [0, 0.1) is 17.8 Å². The first kappa shape index (κ1) is 19.3. The van der Waals surface area contributed by atoms with Gasteiger partial charge in [0.1, 0.15) is 11.4 Å². The second kappa shape index (κ2) is 8.41. The lowest BCUT2D eigenvalue weighted by molar-refractivity contribution is 0.0162. The Kier molecular flexibility index (Phi) is 6.78. The Morgan fingerprint density at radius 2 is 1.75 bits per heavy atom. The van der Waals surface area contributed by atoms with Gasteiger partial charge in [0.05, 0.1) is 0 Å². The van der Waals surface area contributed by atoms with E-state index in [-0.39, 0.29) is 5.60 Å². The molecule has 0 radical (unpaired) electrons. The molecule has 2 aliphatic rings. The second-order valence-corrected chi connectivity index (χ2v) is 8.25. The molecule has 0 saturated heterocycles. The third-order valence-electron chi connectivity index (χ3n) is 6.18. The number of hydrogen-bond acceptors (Lipinski definition) is 1. The van der Waals surface area contributed by atoms with Crippen molar-refractivity contribution in [3.8, 4) is 5.75 Å². The van der Waals surface area contributed by atoms with Crippen LogP contribution in [0.3, 0.4) is 0 Å². The van der Waals surface area contributed by atoms with Crippen LogP contribution in [0.15, 0.2) is 24.3 Å². The molecule has 2 saturated carbocycles. The van der Waals surface area contributed by atoms with E-state index in [1.165, 1.54) is 44.1 Å². The number of ether oxygens (including phenoxy) is 1. The highest BCUT2D eigenvalue weighted by Crippen LogP contribution is 2.52. The van der Waals surface area contributed by atoms with Gasteiger partial charge in [-0.3, -0.25) is 0 Å². The Hall–Kier alpha value is -0.980. The number of benzene rings is 1. The Balaban J connectivity index is 0.00000100. The summed E-state index contributed by atoms with van der Waals surface area (Å²) >= 11 is 0. The van der Waals surface area contributed by atoms with Crippen molar-refractivity contribution in [2.75, 3.05) is 0 Å². The predicted octanol–water partition coefficient (Wildman–Crippen LogP) is 7.21. The first-order valence-electron chi connectivity index (χ1n) is 10.3. The van der Waals surface area contributed by atoms with Crippen LogP contribution in [0.5, 0.6) is 5.75 Å². The van der Waals surface area contributed by atoms with Crippen molar-refractivity contribution in [2.24, 2.45) is 17.8 Å². The van der Waals surface area contributed by atoms with Crippen LogP contribution in [0.4, 0.5) is 0 Å². The molecule has 0 N–H and O–H groups in total. The molecule has 4 unspecified atom stereocenters. The van der Waals surface area contributed by atoms with Gasteiger partial charge < -0.3 is 4.74 Å². The lowest BCUT2D eigenvalue weighted by Gasteiger charge is -2.37. The van der Waals surface area contributed by atoms with E-state index in [1.807, 2.05) is 13.8 Å². The van der Waals surface area contributed by atoms with Gasteiger partial charge in [-0.25, -0.2) is 0 Å². The van der Waals surface area contributed by atoms with Gasteiger partial charge in [0, 0.05) is 5.92 Å². The molecule has 0 aromatic heterocycles. The van der Waals surface area contributed by atoms with Gasteiger partial charge in [0.25, 0.3) is 0 Å². The third-order valence-corrected chi connectivity index (χ3v) is 6.18. The fourth-order valence-electron chi connectivity index (χ4n) is 4.94. The maximum Gasteiger partial charge on any atom is 0.120 e. The molecular formula is C23H38O. The second-order valence-electron chi connectivity index (χ2n) is 8.25. The Labute approximate surface area is 150 Å². The fraction of sp³-hybridized carbons (Fsp3) is 0.739. The van der Waals surface area contributed by atoms with E-state index >= 15 is 0 Å². The van der Waals surface area contributed by atoms with Crippen LogP contribution < -0.4 is 4.74 Å². The van der Waals surface area contributed by atoms with E-state index in [2.05, 4.69) is 52.0 Å². The molecule has 136 valence electrons. The molecule has 4 atom stereocenters. The minimum atomic E-state index is -0.0314. The van der Waals surface area contributed by atoms with Gasteiger partial charge in [-0.15, -0.1) is 0 Å². The smallest absolute Gasteiger partial charge is 0.120 e. The molecule has 0 spiro atoms. The molecule has 2 fully saturated rings. The van der Waals surface area contributed by atoms with Crippen LogP contribution in [-0.2, 0) is 0 Å². The topological polar surface area (TPSA) is 9.23 Å². The normalized spacial score (nSPS) is 26.7. The van der Waals surface area contributed by atoms with Crippen molar-refractivity contribution in [3.05, 3.63) is 29.8 Å². The van der Waals surface area contributed by atoms with Crippen molar-refractivity contribution in [2.45, 2.75) is 91.6 Å². The van der Waals surface area contributed by atoms with Gasteiger partial charge >= 0.3 is 0 Å². The molecule has 0 heterocycles. The number of rotatable bonds is 6. The quantitative estimate of drug-likeness (QED) is 0.535. The van der Waals surface area contributed by atoms with Crippen molar-refractivity contribution in [3.63, 3.8) is 0 Å². The van der Waals surface area contributed by atoms with E-state index in [4.69, 9.17) is 4.74 Å². The molecular weight excluding hydrogens is 292 g/mol. The van der Waals surface area contributed by atoms with E-state index in [9.17, 15) is 0 Å². The maximum atomic E-state index is 6.43. The fourth-order valence-corrected chi connectivity index (χ4v) is 4.94. The van der Waals surface area contributed by atoms with Gasteiger partial charge in [0.15, 0.2) is 0 Å². The summed E-state index contributed by atoms with van der Waals surface area (Å²) in [5.41, 5.74) is 1.41. The van der Waals surface area contributed by atoms with Crippen LogP contribution in [0.1, 0.15) is 91.5 Å². The average Bonchev–Trinajstić information content (AvgIpc) is 3.21. The van der Waals surface area contributed by atoms with E-state index in [1.54, 1.807) is 0 Å².